The SMILES string of the molecule is CCNc1nc(SCC(=O)N2CCc3sccc3C2CC)nc2ccccc12. The van der Waals surface area contributed by atoms with Crippen molar-refractivity contribution < 1.29 is 4.79 Å². The summed E-state index contributed by atoms with van der Waals surface area (Å²) in [4.78, 5) is 25.7. The highest BCUT2D eigenvalue weighted by Gasteiger charge is 2.30. The van der Waals surface area contributed by atoms with Crippen LogP contribution in [-0.4, -0.2) is 39.6 Å². The fourth-order valence-corrected chi connectivity index (χ4v) is 5.43. The lowest BCUT2D eigenvalue weighted by atomic mass is 9.98. The van der Waals surface area contributed by atoms with Crippen LogP contribution in [0.5, 0.6) is 0 Å². The molecule has 1 aliphatic heterocycles. The van der Waals surface area contributed by atoms with Crippen LogP contribution in [0.3, 0.4) is 0 Å². The number of carbonyl (C=O) groups excluding carboxylic acids is 1. The molecule has 3 heterocycles. The first-order valence-corrected chi connectivity index (χ1v) is 11.6. The summed E-state index contributed by atoms with van der Waals surface area (Å²) < 4.78 is 0. The van der Waals surface area contributed by atoms with Crippen LogP contribution in [0.1, 0.15) is 36.8 Å². The fraction of sp³-hybridized carbons (Fsp3) is 0.381. The van der Waals surface area contributed by atoms with Crippen molar-refractivity contribution in [1.82, 2.24) is 14.9 Å². The zero-order chi connectivity index (χ0) is 19.5. The van der Waals surface area contributed by atoms with Crippen LogP contribution in [0, 0.1) is 0 Å². The highest BCUT2D eigenvalue weighted by Crippen LogP contribution is 2.35. The molecular weight excluding hydrogens is 388 g/mol. The Labute approximate surface area is 173 Å². The van der Waals surface area contributed by atoms with Crippen LogP contribution in [0.4, 0.5) is 5.82 Å². The van der Waals surface area contributed by atoms with Crippen molar-refractivity contribution >= 4 is 45.7 Å². The third-order valence-electron chi connectivity index (χ3n) is 5.05. The first-order chi connectivity index (χ1) is 13.7. The predicted molar refractivity (Wildman–Crippen MR) is 117 cm³/mol. The van der Waals surface area contributed by atoms with Crippen LogP contribution in [0.25, 0.3) is 10.9 Å². The first-order valence-electron chi connectivity index (χ1n) is 9.70. The van der Waals surface area contributed by atoms with Gasteiger partial charge in [-0.05, 0) is 48.9 Å². The number of aromatic nitrogens is 2. The molecule has 0 spiro atoms. The van der Waals surface area contributed by atoms with Crippen molar-refractivity contribution in [1.29, 1.82) is 0 Å². The number of hydrogen-bond acceptors (Lipinski definition) is 6. The maximum absolute atomic E-state index is 13.0. The second kappa shape index (κ2) is 8.49. The molecule has 1 unspecified atom stereocenters. The van der Waals surface area contributed by atoms with E-state index in [0.29, 0.717) is 10.9 Å². The topological polar surface area (TPSA) is 58.1 Å². The number of thiophene rings is 1. The van der Waals surface area contributed by atoms with Gasteiger partial charge < -0.3 is 10.2 Å². The minimum Gasteiger partial charge on any atom is -0.370 e. The van der Waals surface area contributed by atoms with E-state index in [-0.39, 0.29) is 11.9 Å². The minimum absolute atomic E-state index is 0.162. The molecule has 1 N–H and O–H groups in total. The van der Waals surface area contributed by atoms with Crippen molar-refractivity contribution in [2.24, 2.45) is 0 Å². The normalized spacial score (nSPS) is 16.2. The van der Waals surface area contributed by atoms with Crippen molar-refractivity contribution in [3.05, 3.63) is 46.2 Å². The van der Waals surface area contributed by atoms with Gasteiger partial charge in [-0.3, -0.25) is 4.79 Å². The molecule has 0 saturated carbocycles. The number of rotatable bonds is 6. The second-order valence-electron chi connectivity index (χ2n) is 6.75. The summed E-state index contributed by atoms with van der Waals surface area (Å²) in [7, 11) is 0. The maximum atomic E-state index is 13.0. The van der Waals surface area contributed by atoms with Gasteiger partial charge in [0.1, 0.15) is 5.82 Å². The summed E-state index contributed by atoms with van der Waals surface area (Å²) >= 11 is 3.23. The standard InChI is InChI=1S/C21H24N4OS2/c1-3-17-15-10-12-27-18(15)9-11-25(17)19(26)13-28-21-23-16-8-6-5-7-14(16)20(24-21)22-4-2/h5-8,10,12,17H,3-4,9,11,13H2,1-2H3,(H,22,23,24). The van der Waals surface area contributed by atoms with Crippen LogP contribution in [-0.2, 0) is 11.2 Å². The van der Waals surface area contributed by atoms with E-state index >= 15 is 0 Å². The number of nitrogens with zero attached hydrogens (tertiary/aromatic N) is 3. The second-order valence-corrected chi connectivity index (χ2v) is 8.69. The molecular formula is C21H24N4OS2. The molecule has 28 heavy (non-hydrogen) atoms. The molecule has 0 radical (unpaired) electrons. The van der Waals surface area contributed by atoms with E-state index in [0.717, 1.165) is 42.7 Å². The molecule has 1 amide bonds. The van der Waals surface area contributed by atoms with E-state index in [1.807, 2.05) is 36.1 Å². The van der Waals surface area contributed by atoms with Crippen molar-refractivity contribution in [3.8, 4) is 0 Å². The van der Waals surface area contributed by atoms with E-state index in [1.54, 1.807) is 11.3 Å². The first kappa shape index (κ1) is 19.2. The average Bonchev–Trinajstić information content (AvgIpc) is 3.20. The third-order valence-corrected chi connectivity index (χ3v) is 6.88. The zero-order valence-electron chi connectivity index (χ0n) is 16.1. The number of thioether (sulfide) groups is 1. The molecule has 146 valence electrons. The van der Waals surface area contributed by atoms with Crippen molar-refractivity contribution in [2.75, 3.05) is 24.2 Å². The largest absolute Gasteiger partial charge is 0.370 e. The number of hydrogen-bond donors (Lipinski definition) is 1. The lowest BCUT2D eigenvalue weighted by Gasteiger charge is -2.35. The van der Waals surface area contributed by atoms with E-state index in [2.05, 4.69) is 33.7 Å². The van der Waals surface area contributed by atoms with Gasteiger partial charge in [0, 0.05) is 23.4 Å². The molecule has 5 nitrogen and oxygen atoms in total. The molecule has 7 heteroatoms. The van der Waals surface area contributed by atoms with Gasteiger partial charge >= 0.3 is 0 Å². The Balaban J connectivity index is 1.50. The highest BCUT2D eigenvalue weighted by atomic mass is 32.2. The molecule has 2 aromatic heterocycles. The maximum Gasteiger partial charge on any atom is 0.233 e. The molecule has 1 atom stereocenters. The summed E-state index contributed by atoms with van der Waals surface area (Å²) in [5, 5.41) is 7.10. The Bertz CT molecular complexity index is 987. The van der Waals surface area contributed by atoms with Gasteiger partial charge in [-0.1, -0.05) is 30.8 Å². The molecule has 0 aliphatic carbocycles. The number of carbonyl (C=O) groups is 1. The monoisotopic (exact) mass is 412 g/mol. The van der Waals surface area contributed by atoms with E-state index in [1.165, 1.54) is 22.2 Å². The van der Waals surface area contributed by atoms with Crippen molar-refractivity contribution in [3.63, 3.8) is 0 Å². The lowest BCUT2D eigenvalue weighted by Crippen LogP contribution is -2.40. The Hall–Kier alpha value is -2.12. The van der Waals surface area contributed by atoms with Gasteiger partial charge in [-0.15, -0.1) is 11.3 Å². The van der Waals surface area contributed by atoms with E-state index in [4.69, 9.17) is 0 Å². The molecule has 0 saturated heterocycles. The summed E-state index contributed by atoms with van der Waals surface area (Å²) in [5.41, 5.74) is 2.23. The molecule has 0 bridgehead atoms. The summed E-state index contributed by atoms with van der Waals surface area (Å²) in [5.74, 6) is 1.35. The van der Waals surface area contributed by atoms with Crippen LogP contribution in [0.2, 0.25) is 0 Å². The van der Waals surface area contributed by atoms with Gasteiger partial charge in [-0.25, -0.2) is 9.97 Å². The van der Waals surface area contributed by atoms with Crippen molar-refractivity contribution in [2.45, 2.75) is 37.9 Å². The molecule has 1 aliphatic rings. The minimum atomic E-state index is 0.162. The highest BCUT2D eigenvalue weighted by molar-refractivity contribution is 7.99. The number of fused-ring (bicyclic) bond motifs is 2. The Morgan fingerprint density at radius 1 is 1.29 bits per heavy atom. The fourth-order valence-electron chi connectivity index (χ4n) is 3.77. The van der Waals surface area contributed by atoms with E-state index in [9.17, 15) is 4.79 Å². The number of benzene rings is 1. The van der Waals surface area contributed by atoms with Crippen LogP contribution >= 0.6 is 23.1 Å². The van der Waals surface area contributed by atoms with Crippen LogP contribution in [0.15, 0.2) is 40.9 Å². The van der Waals surface area contributed by atoms with Gasteiger partial charge in [0.2, 0.25) is 5.91 Å². The number of nitrogens with one attached hydrogen (secondary N) is 1. The summed E-state index contributed by atoms with van der Waals surface area (Å²) in [6, 6.07) is 10.3. The lowest BCUT2D eigenvalue weighted by molar-refractivity contribution is -0.131. The quantitative estimate of drug-likeness (QED) is 0.468. The summed E-state index contributed by atoms with van der Waals surface area (Å²) in [6.45, 7) is 5.79. The van der Waals surface area contributed by atoms with Gasteiger partial charge in [-0.2, -0.15) is 0 Å². The Morgan fingerprint density at radius 2 is 2.14 bits per heavy atom. The van der Waals surface area contributed by atoms with Gasteiger partial charge in [0.15, 0.2) is 5.16 Å². The van der Waals surface area contributed by atoms with Gasteiger partial charge in [0.25, 0.3) is 0 Å². The molecule has 3 aromatic rings. The Kier molecular flexibility index (Phi) is 5.82. The number of anilines is 1. The van der Waals surface area contributed by atoms with E-state index < -0.39 is 0 Å². The molecule has 4 rings (SSSR count). The van der Waals surface area contributed by atoms with Crippen LogP contribution < -0.4 is 5.32 Å². The summed E-state index contributed by atoms with van der Waals surface area (Å²) in [6.07, 6.45) is 1.90. The zero-order valence-corrected chi connectivity index (χ0v) is 17.8. The smallest absolute Gasteiger partial charge is 0.233 e. The third kappa shape index (κ3) is 3.73. The predicted octanol–water partition coefficient (Wildman–Crippen LogP) is 4.75. The molecule has 0 fully saturated rings. The van der Waals surface area contributed by atoms with Gasteiger partial charge in [0.05, 0.1) is 17.3 Å². The Morgan fingerprint density at radius 3 is 2.96 bits per heavy atom. The average molecular weight is 413 g/mol. The number of amides is 1. The number of para-hydroxylation sites is 1. The molecule has 1 aromatic carbocycles.